The first-order valence-electron chi connectivity index (χ1n) is 19.1. The predicted molar refractivity (Wildman–Crippen MR) is 254 cm³/mol. The third-order valence-corrected chi connectivity index (χ3v) is 15.5. The summed E-state index contributed by atoms with van der Waals surface area (Å²) in [6.07, 6.45) is -5.10. The monoisotopic (exact) mass is 1140 g/mol. The van der Waals surface area contributed by atoms with Gasteiger partial charge in [0.05, 0.1) is 43.7 Å². The average molecular weight is 1140 g/mol. The third kappa shape index (κ3) is 12.8. The molecule has 60 heavy (non-hydrogen) atoms. The SMILES string of the molecule is CC1(C)OB(B2OC(C)(C)C(C)(C)O2)OC1(C)C.Cc1cc(C(F)F)c(Cl)cc1B1OC(C)(C)C(C)(C)O1.Cc1cc(C(F)F)c(Cl)cc1Br.Cc1cc(I)c(Cl)cc1Br. The Kier molecular flexibility index (Phi) is 18.2. The number of alkyl halides is 4. The van der Waals surface area contributed by atoms with Gasteiger partial charge in [0.25, 0.3) is 12.9 Å². The zero-order valence-corrected chi connectivity index (χ0v) is 44.2. The van der Waals surface area contributed by atoms with Crippen LogP contribution in [0.2, 0.25) is 15.1 Å². The van der Waals surface area contributed by atoms with Crippen molar-refractivity contribution in [2.45, 2.75) is 150 Å². The van der Waals surface area contributed by atoms with Gasteiger partial charge in [0, 0.05) is 28.7 Å². The molecule has 0 amide bonds. The van der Waals surface area contributed by atoms with Gasteiger partial charge in [0.2, 0.25) is 0 Å². The Labute approximate surface area is 400 Å². The Morgan fingerprint density at radius 3 is 1.13 bits per heavy atom. The fourth-order valence-corrected chi connectivity index (χ4v) is 7.82. The van der Waals surface area contributed by atoms with E-state index in [-0.39, 0.29) is 43.6 Å². The van der Waals surface area contributed by atoms with Gasteiger partial charge in [0.15, 0.2) is 0 Å². The van der Waals surface area contributed by atoms with Crippen molar-refractivity contribution in [1.82, 2.24) is 0 Å². The fourth-order valence-electron chi connectivity index (χ4n) is 5.58. The first-order chi connectivity index (χ1) is 27.1. The van der Waals surface area contributed by atoms with E-state index in [1.165, 1.54) is 29.8 Å². The highest BCUT2D eigenvalue weighted by Gasteiger charge is 2.63. The van der Waals surface area contributed by atoms with Crippen LogP contribution in [-0.2, 0) is 27.9 Å². The van der Waals surface area contributed by atoms with Crippen LogP contribution in [0.25, 0.3) is 0 Å². The lowest BCUT2D eigenvalue weighted by molar-refractivity contribution is 0.00578. The molecule has 3 saturated heterocycles. The van der Waals surface area contributed by atoms with Crippen molar-refractivity contribution in [3.05, 3.63) is 91.8 Å². The average Bonchev–Trinajstić information content (AvgIpc) is 3.56. The Hall–Kier alpha value is -0.105. The maximum atomic E-state index is 12.8. The second-order valence-corrected chi connectivity index (χ2v) is 21.9. The highest BCUT2D eigenvalue weighted by atomic mass is 127. The summed E-state index contributed by atoms with van der Waals surface area (Å²) in [7, 11) is -1.55. The van der Waals surface area contributed by atoms with Crippen LogP contribution >= 0.6 is 89.3 Å². The molecule has 0 bridgehead atoms. The van der Waals surface area contributed by atoms with Crippen LogP contribution in [0.3, 0.4) is 0 Å². The van der Waals surface area contributed by atoms with Crippen LogP contribution in [0.15, 0.2) is 45.3 Å². The maximum Gasteiger partial charge on any atom is 0.495 e. The fraction of sp³-hybridized carbons (Fsp3) is 0.561. The molecule has 0 atom stereocenters. The van der Waals surface area contributed by atoms with Gasteiger partial charge >= 0.3 is 21.1 Å². The number of rotatable bonds is 4. The molecule has 332 valence electrons. The maximum absolute atomic E-state index is 12.8. The number of hydrogen-bond donors (Lipinski definition) is 0. The third-order valence-electron chi connectivity index (χ3n) is 11.6. The van der Waals surface area contributed by atoms with Gasteiger partial charge in [-0.1, -0.05) is 72.2 Å². The normalized spacial score (nSPS) is 20.4. The minimum Gasteiger partial charge on any atom is -0.405 e. The van der Waals surface area contributed by atoms with Crippen LogP contribution in [0.5, 0.6) is 0 Å². The van der Waals surface area contributed by atoms with E-state index in [4.69, 9.17) is 62.7 Å². The van der Waals surface area contributed by atoms with E-state index in [0.29, 0.717) is 11.0 Å². The second-order valence-electron chi connectivity index (χ2n) is 17.8. The van der Waals surface area contributed by atoms with Crippen LogP contribution in [0.4, 0.5) is 17.6 Å². The van der Waals surface area contributed by atoms with E-state index in [1.54, 1.807) is 13.8 Å². The molecule has 3 aromatic rings. The topological polar surface area (TPSA) is 55.4 Å². The van der Waals surface area contributed by atoms with E-state index in [2.05, 4.69) is 54.5 Å². The molecule has 0 saturated carbocycles. The molecule has 3 aliphatic heterocycles. The molecule has 6 nitrogen and oxygen atoms in total. The second kappa shape index (κ2) is 20.2. The van der Waals surface area contributed by atoms with Crippen molar-refractivity contribution in [2.75, 3.05) is 0 Å². The largest absolute Gasteiger partial charge is 0.495 e. The van der Waals surface area contributed by atoms with E-state index < -0.39 is 45.2 Å². The number of aryl methyl sites for hydroxylation is 3. The molecule has 3 fully saturated rings. The van der Waals surface area contributed by atoms with Gasteiger partial charge in [-0.3, -0.25) is 0 Å². The lowest BCUT2D eigenvalue weighted by atomic mass is 9.49. The van der Waals surface area contributed by atoms with Crippen molar-refractivity contribution in [1.29, 1.82) is 0 Å². The van der Waals surface area contributed by atoms with Crippen molar-refractivity contribution >= 4 is 116 Å². The number of benzene rings is 3. The Bertz CT molecular complexity index is 1880. The highest BCUT2D eigenvalue weighted by molar-refractivity contribution is 14.1. The van der Waals surface area contributed by atoms with Crippen molar-refractivity contribution in [3.8, 4) is 0 Å². The summed E-state index contributed by atoms with van der Waals surface area (Å²) in [5.41, 5.74) is 0.688. The minimum atomic E-state index is -2.59. The molecule has 0 unspecified atom stereocenters. The number of halogens is 10. The van der Waals surface area contributed by atoms with E-state index in [9.17, 15) is 17.6 Å². The molecule has 19 heteroatoms. The van der Waals surface area contributed by atoms with Gasteiger partial charge in [-0.15, -0.1) is 0 Å². The zero-order valence-electron chi connectivity index (χ0n) is 36.6. The minimum absolute atomic E-state index is 0.0373. The Morgan fingerprint density at radius 1 is 0.483 bits per heavy atom. The van der Waals surface area contributed by atoms with Crippen LogP contribution in [-0.4, -0.2) is 54.7 Å². The summed E-state index contributed by atoms with van der Waals surface area (Å²) in [5.74, 6) is 0. The molecular formula is C41H53B3Br2Cl3F4IO6. The molecule has 3 aliphatic rings. The van der Waals surface area contributed by atoms with Crippen molar-refractivity contribution in [3.63, 3.8) is 0 Å². The summed E-state index contributed by atoms with van der Waals surface area (Å²) in [5, 5.41) is 0.941. The molecule has 0 radical (unpaired) electrons. The van der Waals surface area contributed by atoms with Gasteiger partial charge in [-0.2, -0.15) is 0 Å². The lowest BCUT2D eigenvalue weighted by Gasteiger charge is -2.32. The first-order valence-corrected chi connectivity index (χ1v) is 22.9. The van der Waals surface area contributed by atoms with Gasteiger partial charge in [-0.05, 0) is 179 Å². The summed E-state index contributed by atoms with van der Waals surface area (Å²) < 4.78 is 88.7. The molecule has 3 heterocycles. The molecule has 6 rings (SSSR count). The summed E-state index contributed by atoms with van der Waals surface area (Å²) in [6.45, 7) is 29.5. The van der Waals surface area contributed by atoms with E-state index in [1.807, 2.05) is 102 Å². The highest BCUT2D eigenvalue weighted by Crippen LogP contribution is 2.43. The molecule has 3 aromatic carbocycles. The molecule has 0 aliphatic carbocycles. The van der Waals surface area contributed by atoms with Crippen molar-refractivity contribution < 1.29 is 45.5 Å². The van der Waals surface area contributed by atoms with Crippen molar-refractivity contribution in [2.24, 2.45) is 0 Å². The number of hydrogen-bond acceptors (Lipinski definition) is 6. The van der Waals surface area contributed by atoms with Crippen LogP contribution < -0.4 is 5.46 Å². The first kappa shape index (κ1) is 54.2. The summed E-state index contributed by atoms with van der Waals surface area (Å²) in [4.78, 5) is 0. The van der Waals surface area contributed by atoms with E-state index >= 15 is 0 Å². The van der Waals surface area contributed by atoms with E-state index in [0.717, 1.165) is 23.1 Å². The smallest absolute Gasteiger partial charge is 0.405 e. The Morgan fingerprint density at radius 2 is 0.783 bits per heavy atom. The molecule has 0 spiro atoms. The zero-order chi connectivity index (χ0) is 46.3. The predicted octanol–water partition coefficient (Wildman–Crippen LogP) is 14.5. The Balaban J connectivity index is 0.000000221. The van der Waals surface area contributed by atoms with Crippen LogP contribution in [0.1, 0.15) is 124 Å². The molecule has 0 aromatic heterocycles. The molecular weight excluding hydrogens is 1090 g/mol. The van der Waals surface area contributed by atoms with Gasteiger partial charge < -0.3 is 27.9 Å². The summed E-state index contributed by atoms with van der Waals surface area (Å²) in [6, 6.07) is 9.75. The molecule has 0 N–H and O–H groups in total. The quantitative estimate of drug-likeness (QED) is 0.112. The van der Waals surface area contributed by atoms with Crippen LogP contribution in [0, 0.1) is 24.3 Å². The van der Waals surface area contributed by atoms with Gasteiger partial charge in [0.1, 0.15) is 0 Å². The summed E-state index contributed by atoms with van der Waals surface area (Å²) >= 11 is 26.2. The van der Waals surface area contributed by atoms with Gasteiger partial charge in [-0.25, -0.2) is 17.6 Å². The lowest BCUT2D eigenvalue weighted by Crippen LogP contribution is -2.41. The standard InChI is InChI=1S/C14H18BClF2O2.C12H24B2O4.C8H6BrClF2.C7H5BrClI/c1-8-6-9(12(17)18)11(16)7-10(8)15-19-13(2,3)14(4,5)20-15;1-9(2)10(3,4)16-13(15-9)14-17-11(5,6)12(7,8)18-14;1-4-2-5(8(11)12)7(10)3-6(4)9;1-4-2-7(10)6(9)3-5(4)8/h6-7,12H,1-5H3;1-8H3;2-3,8H,1H3;2-3H,1H3.